The van der Waals surface area contributed by atoms with Crippen molar-refractivity contribution in [1.82, 2.24) is 4.98 Å². The normalized spacial score (nSPS) is 10.9. The van der Waals surface area contributed by atoms with Gasteiger partial charge in [0.1, 0.15) is 0 Å². The Bertz CT molecular complexity index is 596. The minimum atomic E-state index is 0.718. The third-order valence-corrected chi connectivity index (χ3v) is 4.26. The zero-order chi connectivity index (χ0) is 13.3. The number of nitrogens with zero attached hydrogens (tertiary/aromatic N) is 1. The van der Waals surface area contributed by atoms with Gasteiger partial charge in [-0.3, -0.25) is 4.98 Å². The summed E-state index contributed by atoms with van der Waals surface area (Å²) >= 11 is 8.62. The van der Waals surface area contributed by atoms with Crippen LogP contribution in [0.4, 0.5) is 5.69 Å². The molecule has 2 rings (SSSR count). The molecule has 0 fully saturated rings. The minimum Gasteiger partial charge on any atom is -0.384 e. The average Bonchev–Trinajstić information content (AvgIpc) is 2.34. The molecule has 0 aliphatic heterocycles. The molecular weight excluding hydrogens is 359 g/mol. The molecule has 1 aromatic carbocycles. The Morgan fingerprint density at radius 1 is 1.33 bits per heavy atom. The average molecular weight is 375 g/mol. The van der Waals surface area contributed by atoms with E-state index in [1.807, 2.05) is 12.1 Å². The van der Waals surface area contributed by atoms with Crippen LogP contribution in [0, 0.1) is 10.5 Å². The summed E-state index contributed by atoms with van der Waals surface area (Å²) in [4.78, 5) is 4.67. The second kappa shape index (κ2) is 5.61. The highest BCUT2D eigenvalue weighted by atomic mass is 127. The molecule has 0 aliphatic carbocycles. The highest BCUT2D eigenvalue weighted by Gasteiger charge is 2.15. The molecule has 96 valence electrons. The first-order valence-corrected chi connectivity index (χ1v) is 7.56. The van der Waals surface area contributed by atoms with E-state index in [2.05, 4.69) is 53.7 Å². The fourth-order valence-electron chi connectivity index (χ4n) is 2.26. The third kappa shape index (κ3) is 2.30. The Labute approximate surface area is 126 Å². The van der Waals surface area contributed by atoms with Gasteiger partial charge in [-0.15, -0.1) is 0 Å². The van der Waals surface area contributed by atoms with Crippen LogP contribution in [0.5, 0.6) is 0 Å². The van der Waals surface area contributed by atoms with Crippen molar-refractivity contribution in [2.45, 2.75) is 27.2 Å². The van der Waals surface area contributed by atoms with Crippen LogP contribution < -0.4 is 5.32 Å². The van der Waals surface area contributed by atoms with Gasteiger partial charge < -0.3 is 5.32 Å². The predicted octanol–water partition coefficient (Wildman–Crippen LogP) is 4.80. The summed E-state index contributed by atoms with van der Waals surface area (Å²) in [6.07, 6.45) is 0.972. The summed E-state index contributed by atoms with van der Waals surface area (Å²) in [7, 11) is 0. The van der Waals surface area contributed by atoms with Crippen LogP contribution in [0.2, 0.25) is 5.02 Å². The van der Waals surface area contributed by atoms with Crippen molar-refractivity contribution >= 4 is 50.8 Å². The van der Waals surface area contributed by atoms with Gasteiger partial charge >= 0.3 is 0 Å². The van der Waals surface area contributed by atoms with Crippen LogP contribution in [0.15, 0.2) is 12.1 Å². The van der Waals surface area contributed by atoms with E-state index in [9.17, 15) is 0 Å². The van der Waals surface area contributed by atoms with E-state index in [1.54, 1.807) is 0 Å². The van der Waals surface area contributed by atoms with Gasteiger partial charge in [0.05, 0.1) is 10.5 Å². The number of fused-ring (bicyclic) bond motifs is 1. The van der Waals surface area contributed by atoms with Crippen LogP contribution in [-0.4, -0.2) is 11.5 Å². The van der Waals surface area contributed by atoms with Crippen LogP contribution >= 0.6 is 34.2 Å². The topological polar surface area (TPSA) is 24.9 Å². The number of pyridine rings is 1. The van der Waals surface area contributed by atoms with Crippen molar-refractivity contribution in [3.05, 3.63) is 32.0 Å². The molecule has 0 aliphatic rings. The number of nitrogens with one attached hydrogen (secondary N) is 1. The van der Waals surface area contributed by atoms with Gasteiger partial charge in [0.15, 0.2) is 0 Å². The van der Waals surface area contributed by atoms with E-state index < -0.39 is 0 Å². The predicted molar refractivity (Wildman–Crippen MR) is 87.7 cm³/mol. The van der Waals surface area contributed by atoms with Crippen molar-refractivity contribution in [3.63, 3.8) is 0 Å². The SMILES string of the molecule is CCNc1c(CC)c(C)nc2c(Cl)ccc(I)c12. The number of benzene rings is 1. The lowest BCUT2D eigenvalue weighted by Gasteiger charge is -2.17. The standard InChI is InChI=1S/C14H16ClIN2/c1-4-9-8(3)18-14-10(15)6-7-11(16)12(14)13(9)17-5-2/h6-7H,4-5H2,1-3H3,(H,17,18). The van der Waals surface area contributed by atoms with E-state index in [0.717, 1.165) is 34.6 Å². The van der Waals surface area contributed by atoms with Gasteiger partial charge in [-0.2, -0.15) is 0 Å². The largest absolute Gasteiger partial charge is 0.384 e. The summed E-state index contributed by atoms with van der Waals surface area (Å²) in [6.45, 7) is 7.22. The molecule has 2 nitrogen and oxygen atoms in total. The first-order valence-electron chi connectivity index (χ1n) is 6.11. The Morgan fingerprint density at radius 2 is 2.06 bits per heavy atom. The molecule has 0 spiro atoms. The molecule has 1 heterocycles. The molecule has 0 bridgehead atoms. The number of rotatable bonds is 3. The lowest BCUT2D eigenvalue weighted by atomic mass is 10.0. The molecule has 1 aromatic heterocycles. The van der Waals surface area contributed by atoms with Crippen molar-refractivity contribution in [2.75, 3.05) is 11.9 Å². The van der Waals surface area contributed by atoms with Crippen molar-refractivity contribution in [2.24, 2.45) is 0 Å². The summed E-state index contributed by atoms with van der Waals surface area (Å²) in [5.74, 6) is 0. The smallest absolute Gasteiger partial charge is 0.0922 e. The minimum absolute atomic E-state index is 0.718. The van der Waals surface area contributed by atoms with Crippen molar-refractivity contribution in [1.29, 1.82) is 0 Å². The number of aryl methyl sites for hydroxylation is 1. The molecule has 0 saturated heterocycles. The van der Waals surface area contributed by atoms with Crippen molar-refractivity contribution in [3.8, 4) is 0 Å². The monoisotopic (exact) mass is 374 g/mol. The first kappa shape index (κ1) is 13.9. The molecule has 0 saturated carbocycles. The van der Waals surface area contributed by atoms with Gasteiger partial charge in [-0.05, 0) is 60.6 Å². The van der Waals surface area contributed by atoms with E-state index >= 15 is 0 Å². The molecule has 4 heteroatoms. The molecule has 0 unspecified atom stereocenters. The molecule has 2 aromatic rings. The number of aromatic nitrogens is 1. The molecule has 0 radical (unpaired) electrons. The first-order chi connectivity index (χ1) is 8.60. The zero-order valence-corrected chi connectivity index (χ0v) is 13.7. The third-order valence-electron chi connectivity index (χ3n) is 3.05. The Kier molecular flexibility index (Phi) is 4.33. The summed E-state index contributed by atoms with van der Waals surface area (Å²) in [6, 6.07) is 3.96. The maximum absolute atomic E-state index is 6.28. The Balaban J connectivity index is 2.91. The van der Waals surface area contributed by atoms with E-state index in [1.165, 1.54) is 14.8 Å². The van der Waals surface area contributed by atoms with Gasteiger partial charge in [0.2, 0.25) is 0 Å². The molecule has 18 heavy (non-hydrogen) atoms. The second-order valence-electron chi connectivity index (χ2n) is 4.19. The second-order valence-corrected chi connectivity index (χ2v) is 5.76. The molecule has 0 atom stereocenters. The van der Waals surface area contributed by atoms with E-state index in [4.69, 9.17) is 11.6 Å². The lowest BCUT2D eigenvalue weighted by Crippen LogP contribution is -2.06. The number of hydrogen-bond acceptors (Lipinski definition) is 2. The summed E-state index contributed by atoms with van der Waals surface area (Å²) in [5.41, 5.74) is 4.43. The molecule has 0 amide bonds. The quantitative estimate of drug-likeness (QED) is 0.781. The summed E-state index contributed by atoms with van der Waals surface area (Å²) < 4.78 is 1.19. The number of anilines is 1. The fourth-order valence-corrected chi connectivity index (χ4v) is 3.16. The fraction of sp³-hybridized carbons (Fsp3) is 0.357. The van der Waals surface area contributed by atoms with Gasteiger partial charge in [0, 0.05) is 26.9 Å². The van der Waals surface area contributed by atoms with Crippen LogP contribution in [0.25, 0.3) is 10.9 Å². The summed E-state index contributed by atoms with van der Waals surface area (Å²) in [5, 5.41) is 5.34. The van der Waals surface area contributed by atoms with Crippen LogP contribution in [0.3, 0.4) is 0 Å². The highest BCUT2D eigenvalue weighted by Crippen LogP contribution is 2.35. The molecule has 1 N–H and O–H groups in total. The Morgan fingerprint density at radius 3 is 2.67 bits per heavy atom. The molecular formula is C14H16ClIN2. The Hall–Kier alpha value is -0.550. The van der Waals surface area contributed by atoms with E-state index in [-0.39, 0.29) is 0 Å². The van der Waals surface area contributed by atoms with Gasteiger partial charge in [-0.1, -0.05) is 18.5 Å². The maximum atomic E-state index is 6.28. The maximum Gasteiger partial charge on any atom is 0.0922 e. The zero-order valence-electron chi connectivity index (χ0n) is 10.8. The van der Waals surface area contributed by atoms with Crippen LogP contribution in [-0.2, 0) is 6.42 Å². The van der Waals surface area contributed by atoms with Crippen LogP contribution in [0.1, 0.15) is 25.1 Å². The van der Waals surface area contributed by atoms with Crippen molar-refractivity contribution < 1.29 is 0 Å². The number of halogens is 2. The van der Waals surface area contributed by atoms with E-state index in [0.29, 0.717) is 0 Å². The number of hydrogen-bond donors (Lipinski definition) is 1. The lowest BCUT2D eigenvalue weighted by molar-refractivity contribution is 1.06. The van der Waals surface area contributed by atoms with Gasteiger partial charge in [-0.25, -0.2) is 0 Å². The highest BCUT2D eigenvalue weighted by molar-refractivity contribution is 14.1. The van der Waals surface area contributed by atoms with Gasteiger partial charge in [0.25, 0.3) is 0 Å².